The van der Waals surface area contributed by atoms with E-state index in [1.54, 1.807) is 44.8 Å². The highest BCUT2D eigenvalue weighted by Crippen LogP contribution is 2.34. The summed E-state index contributed by atoms with van der Waals surface area (Å²) in [5, 5.41) is 5.04. The Kier molecular flexibility index (Phi) is 5.51. The predicted octanol–water partition coefficient (Wildman–Crippen LogP) is 4.49. The van der Waals surface area contributed by atoms with Gasteiger partial charge in [0.15, 0.2) is 0 Å². The van der Waals surface area contributed by atoms with Crippen LogP contribution in [0, 0.1) is 0 Å². The number of piperidine rings is 1. The number of amides is 1. The van der Waals surface area contributed by atoms with Gasteiger partial charge in [0, 0.05) is 41.9 Å². The van der Waals surface area contributed by atoms with Gasteiger partial charge in [0.25, 0.3) is 5.91 Å². The lowest BCUT2D eigenvalue weighted by Gasteiger charge is -2.30. The molecule has 150 valence electrons. The van der Waals surface area contributed by atoms with Crippen LogP contribution in [0.1, 0.15) is 29.6 Å². The lowest BCUT2D eigenvalue weighted by atomic mass is 10.0. The van der Waals surface area contributed by atoms with Gasteiger partial charge in [-0.05, 0) is 55.7 Å². The highest BCUT2D eigenvalue weighted by atomic mass is 16.5. The van der Waals surface area contributed by atoms with E-state index in [2.05, 4.69) is 21.3 Å². The topological polar surface area (TPSA) is 63.7 Å². The number of anilines is 2. The molecule has 0 unspecified atom stereocenters. The summed E-state index contributed by atoms with van der Waals surface area (Å²) < 4.78 is 10.6. The summed E-state index contributed by atoms with van der Waals surface area (Å²) in [6.07, 6.45) is 7.31. The van der Waals surface area contributed by atoms with Gasteiger partial charge in [-0.15, -0.1) is 0 Å². The maximum absolute atomic E-state index is 13.0. The normalized spacial score (nSPS) is 13.9. The molecule has 0 bridgehead atoms. The van der Waals surface area contributed by atoms with Crippen LogP contribution in [0.3, 0.4) is 0 Å². The molecule has 1 saturated heterocycles. The van der Waals surface area contributed by atoms with Crippen molar-refractivity contribution in [3.63, 3.8) is 0 Å². The Morgan fingerprint density at radius 2 is 1.83 bits per heavy atom. The van der Waals surface area contributed by atoms with Crippen molar-refractivity contribution in [2.24, 2.45) is 0 Å². The highest BCUT2D eigenvalue weighted by molar-refractivity contribution is 6.12. The van der Waals surface area contributed by atoms with Crippen LogP contribution >= 0.6 is 0 Å². The summed E-state index contributed by atoms with van der Waals surface area (Å²) in [5.41, 5.74) is 2.34. The molecule has 0 aliphatic carbocycles. The molecule has 1 aliphatic rings. The smallest absolute Gasteiger partial charge is 0.259 e. The monoisotopic (exact) mass is 391 g/mol. The molecular weight excluding hydrogens is 366 g/mol. The van der Waals surface area contributed by atoms with Crippen LogP contribution in [0.25, 0.3) is 10.8 Å². The van der Waals surface area contributed by atoms with Gasteiger partial charge in [-0.1, -0.05) is 0 Å². The standard InChI is InChI=1S/C23H25N3O3/c1-28-16-6-9-22(29-2)18(14-16)23(27)25-20-7-8-21(26-12-4-3-5-13-26)17-10-11-24-15-19(17)20/h6-11,14-15H,3-5,12-13H2,1-2H3,(H,25,27). The molecule has 6 heteroatoms. The van der Waals surface area contributed by atoms with Crippen LogP contribution in [0.5, 0.6) is 11.5 Å². The van der Waals surface area contributed by atoms with E-state index in [1.807, 2.05) is 12.1 Å². The first-order valence-electron chi connectivity index (χ1n) is 9.86. The Bertz CT molecular complexity index is 1030. The lowest BCUT2D eigenvalue weighted by Crippen LogP contribution is -2.29. The van der Waals surface area contributed by atoms with E-state index in [4.69, 9.17) is 9.47 Å². The van der Waals surface area contributed by atoms with Crippen LogP contribution in [-0.4, -0.2) is 38.2 Å². The molecule has 1 amide bonds. The Balaban J connectivity index is 1.69. The molecule has 0 spiro atoms. The molecule has 2 heterocycles. The van der Waals surface area contributed by atoms with Gasteiger partial charge < -0.3 is 19.7 Å². The largest absolute Gasteiger partial charge is 0.497 e. The molecule has 6 nitrogen and oxygen atoms in total. The van der Waals surface area contributed by atoms with Crippen molar-refractivity contribution >= 4 is 28.1 Å². The second kappa shape index (κ2) is 8.39. The van der Waals surface area contributed by atoms with Crippen molar-refractivity contribution in [1.82, 2.24) is 4.98 Å². The Morgan fingerprint density at radius 3 is 2.59 bits per heavy atom. The fourth-order valence-corrected chi connectivity index (χ4v) is 3.87. The van der Waals surface area contributed by atoms with Crippen molar-refractivity contribution in [3.05, 3.63) is 54.4 Å². The van der Waals surface area contributed by atoms with Gasteiger partial charge in [0.1, 0.15) is 11.5 Å². The molecule has 0 radical (unpaired) electrons. The minimum atomic E-state index is -0.253. The van der Waals surface area contributed by atoms with E-state index < -0.39 is 0 Å². The number of ether oxygens (including phenoxy) is 2. The van der Waals surface area contributed by atoms with Crippen molar-refractivity contribution in [1.29, 1.82) is 0 Å². The fourth-order valence-electron chi connectivity index (χ4n) is 3.87. The first-order chi connectivity index (χ1) is 14.2. The highest BCUT2D eigenvalue weighted by Gasteiger charge is 2.18. The number of methoxy groups -OCH3 is 2. The maximum Gasteiger partial charge on any atom is 0.259 e. The number of rotatable bonds is 5. The predicted molar refractivity (Wildman–Crippen MR) is 115 cm³/mol. The SMILES string of the molecule is COc1ccc(OC)c(C(=O)Nc2ccc(N3CCCCC3)c3ccncc23)c1. The van der Waals surface area contributed by atoms with Crippen LogP contribution in [0.15, 0.2) is 48.8 Å². The number of nitrogens with zero attached hydrogens (tertiary/aromatic N) is 2. The minimum Gasteiger partial charge on any atom is -0.497 e. The van der Waals surface area contributed by atoms with E-state index in [1.165, 1.54) is 24.9 Å². The molecule has 1 N–H and O–H groups in total. The van der Waals surface area contributed by atoms with Gasteiger partial charge in [-0.3, -0.25) is 9.78 Å². The van der Waals surface area contributed by atoms with Crippen LogP contribution in [0.2, 0.25) is 0 Å². The van der Waals surface area contributed by atoms with Crippen LogP contribution < -0.4 is 19.7 Å². The van der Waals surface area contributed by atoms with E-state index in [0.29, 0.717) is 17.1 Å². The summed E-state index contributed by atoms with van der Waals surface area (Å²) in [5.74, 6) is 0.843. The summed E-state index contributed by atoms with van der Waals surface area (Å²) in [6, 6.07) is 11.2. The number of hydrogen-bond donors (Lipinski definition) is 1. The molecule has 0 atom stereocenters. The third-order valence-electron chi connectivity index (χ3n) is 5.39. The fraction of sp³-hybridized carbons (Fsp3) is 0.304. The summed E-state index contributed by atoms with van der Waals surface area (Å²) in [7, 11) is 3.12. The Morgan fingerprint density at radius 1 is 1.00 bits per heavy atom. The molecule has 1 aliphatic heterocycles. The van der Waals surface area contributed by atoms with E-state index in [-0.39, 0.29) is 5.91 Å². The first-order valence-corrected chi connectivity index (χ1v) is 9.86. The van der Waals surface area contributed by atoms with E-state index in [9.17, 15) is 4.79 Å². The Hall–Kier alpha value is -3.28. The van der Waals surface area contributed by atoms with Crippen LogP contribution in [-0.2, 0) is 0 Å². The number of carbonyl (C=O) groups excluding carboxylic acids is 1. The van der Waals surface area contributed by atoms with Crippen molar-refractivity contribution in [2.75, 3.05) is 37.5 Å². The zero-order chi connectivity index (χ0) is 20.2. The molecular formula is C23H25N3O3. The average Bonchev–Trinajstić information content (AvgIpc) is 2.79. The van der Waals surface area contributed by atoms with Gasteiger partial charge in [-0.2, -0.15) is 0 Å². The molecule has 29 heavy (non-hydrogen) atoms. The molecule has 0 saturated carbocycles. The maximum atomic E-state index is 13.0. The number of nitrogens with one attached hydrogen (secondary N) is 1. The van der Waals surface area contributed by atoms with E-state index >= 15 is 0 Å². The third-order valence-corrected chi connectivity index (χ3v) is 5.39. The lowest BCUT2D eigenvalue weighted by molar-refractivity contribution is 0.102. The van der Waals surface area contributed by atoms with Crippen molar-refractivity contribution in [3.8, 4) is 11.5 Å². The van der Waals surface area contributed by atoms with E-state index in [0.717, 1.165) is 29.5 Å². The second-order valence-electron chi connectivity index (χ2n) is 7.12. The molecule has 4 rings (SSSR count). The number of hydrogen-bond acceptors (Lipinski definition) is 5. The zero-order valence-electron chi connectivity index (χ0n) is 16.8. The minimum absolute atomic E-state index is 0.253. The second-order valence-corrected chi connectivity index (χ2v) is 7.12. The number of pyridine rings is 1. The number of fused-ring (bicyclic) bond motifs is 1. The number of aromatic nitrogens is 1. The van der Waals surface area contributed by atoms with Gasteiger partial charge in [0.2, 0.25) is 0 Å². The number of carbonyl (C=O) groups is 1. The molecule has 2 aromatic carbocycles. The van der Waals surface area contributed by atoms with Gasteiger partial charge >= 0.3 is 0 Å². The van der Waals surface area contributed by atoms with Crippen LogP contribution in [0.4, 0.5) is 11.4 Å². The average molecular weight is 391 g/mol. The molecule has 1 aromatic heterocycles. The van der Waals surface area contributed by atoms with Crippen molar-refractivity contribution < 1.29 is 14.3 Å². The molecule has 1 fully saturated rings. The quantitative estimate of drug-likeness (QED) is 0.694. The summed E-state index contributed by atoms with van der Waals surface area (Å²) in [6.45, 7) is 2.12. The summed E-state index contributed by atoms with van der Waals surface area (Å²) >= 11 is 0. The zero-order valence-corrected chi connectivity index (χ0v) is 16.8. The third kappa shape index (κ3) is 3.83. The first kappa shape index (κ1) is 19.1. The van der Waals surface area contributed by atoms with Gasteiger partial charge in [-0.25, -0.2) is 0 Å². The number of benzene rings is 2. The van der Waals surface area contributed by atoms with Crippen molar-refractivity contribution in [2.45, 2.75) is 19.3 Å². The summed E-state index contributed by atoms with van der Waals surface area (Å²) in [4.78, 5) is 19.7. The Labute approximate surface area is 170 Å². The van der Waals surface area contributed by atoms with Gasteiger partial charge in [0.05, 0.1) is 25.5 Å². The molecule has 3 aromatic rings.